The third-order valence-electron chi connectivity index (χ3n) is 2.71. The van der Waals surface area contributed by atoms with Gasteiger partial charge in [-0.15, -0.1) is 0 Å². The molecule has 2 nitrogen and oxygen atoms in total. The van der Waals surface area contributed by atoms with Crippen LogP contribution in [0.1, 0.15) is 32.1 Å². The lowest BCUT2D eigenvalue weighted by atomic mass is 10.1. The average Bonchev–Trinajstić information content (AvgIpc) is 2.61. The Bertz CT molecular complexity index is 273. The van der Waals surface area contributed by atoms with Gasteiger partial charge in [-0.25, -0.2) is 0 Å². The van der Waals surface area contributed by atoms with Crippen LogP contribution in [-0.2, 0) is 0 Å². The van der Waals surface area contributed by atoms with Gasteiger partial charge in [0.05, 0.1) is 12.3 Å². The Hall–Kier alpha value is -0.410. The molecule has 0 radical (unpaired) electrons. The molecule has 0 saturated carbocycles. The monoisotopic (exact) mass is 211 g/mol. The molecule has 14 heavy (non-hydrogen) atoms. The van der Waals surface area contributed by atoms with Crippen LogP contribution in [0.4, 0.5) is 0 Å². The molecule has 3 atom stereocenters. The Kier molecular flexibility index (Phi) is 3.19. The number of hydrogen-bond acceptors (Lipinski definition) is 3. The second kappa shape index (κ2) is 4.41. The van der Waals surface area contributed by atoms with E-state index in [1.165, 1.54) is 12.2 Å². The van der Waals surface area contributed by atoms with Crippen LogP contribution in [-0.4, -0.2) is 17.0 Å². The molecule has 1 aromatic heterocycles. The van der Waals surface area contributed by atoms with Crippen LogP contribution < -0.4 is 5.32 Å². The number of thioether (sulfide) groups is 1. The summed E-state index contributed by atoms with van der Waals surface area (Å²) in [6.45, 7) is 4.51. The molecule has 2 heterocycles. The SMILES string of the molecule is CC1CCSC(C)C(c2ccco2)N1. The van der Waals surface area contributed by atoms with Crippen molar-refractivity contribution in [3.05, 3.63) is 24.2 Å². The maximum Gasteiger partial charge on any atom is 0.121 e. The summed E-state index contributed by atoms with van der Waals surface area (Å²) in [4.78, 5) is 0. The van der Waals surface area contributed by atoms with Gasteiger partial charge >= 0.3 is 0 Å². The van der Waals surface area contributed by atoms with Crippen molar-refractivity contribution in [2.24, 2.45) is 0 Å². The van der Waals surface area contributed by atoms with Gasteiger partial charge in [0.25, 0.3) is 0 Å². The van der Waals surface area contributed by atoms with Gasteiger partial charge < -0.3 is 9.73 Å². The van der Waals surface area contributed by atoms with E-state index in [2.05, 4.69) is 25.2 Å². The molecule has 2 rings (SSSR count). The molecule has 0 spiro atoms. The molecular formula is C11H17NOS. The highest BCUT2D eigenvalue weighted by atomic mass is 32.2. The van der Waals surface area contributed by atoms with Gasteiger partial charge in [-0.1, -0.05) is 6.92 Å². The van der Waals surface area contributed by atoms with E-state index in [0.29, 0.717) is 17.3 Å². The predicted molar refractivity (Wildman–Crippen MR) is 60.6 cm³/mol. The molecule has 0 aliphatic carbocycles. The summed E-state index contributed by atoms with van der Waals surface area (Å²) in [5, 5.41) is 4.21. The molecule has 1 aliphatic heterocycles. The third-order valence-corrected chi connectivity index (χ3v) is 3.98. The molecular weight excluding hydrogens is 194 g/mol. The van der Waals surface area contributed by atoms with E-state index >= 15 is 0 Å². The minimum Gasteiger partial charge on any atom is -0.468 e. The summed E-state index contributed by atoms with van der Waals surface area (Å²) in [6.07, 6.45) is 3.00. The molecule has 1 fully saturated rings. The first-order valence-electron chi connectivity index (χ1n) is 5.18. The van der Waals surface area contributed by atoms with Crippen molar-refractivity contribution in [2.75, 3.05) is 5.75 Å². The summed E-state index contributed by atoms with van der Waals surface area (Å²) in [7, 11) is 0. The summed E-state index contributed by atoms with van der Waals surface area (Å²) in [5.41, 5.74) is 0. The van der Waals surface area contributed by atoms with Gasteiger partial charge in [0.15, 0.2) is 0 Å². The van der Waals surface area contributed by atoms with Gasteiger partial charge in [-0.3, -0.25) is 0 Å². The maximum atomic E-state index is 5.47. The molecule has 0 amide bonds. The highest BCUT2D eigenvalue weighted by molar-refractivity contribution is 7.99. The van der Waals surface area contributed by atoms with Crippen molar-refractivity contribution in [2.45, 2.75) is 37.6 Å². The molecule has 1 saturated heterocycles. The Labute approximate surface area is 89.4 Å². The van der Waals surface area contributed by atoms with E-state index in [1.807, 2.05) is 17.8 Å². The molecule has 1 aliphatic rings. The third kappa shape index (κ3) is 2.15. The lowest BCUT2D eigenvalue weighted by Crippen LogP contribution is -2.32. The standard InChI is InChI=1S/C11H17NOS/c1-8-5-7-14-9(2)11(12-8)10-4-3-6-13-10/h3-4,6,8-9,11-12H,5,7H2,1-2H3. The van der Waals surface area contributed by atoms with Crippen LogP contribution in [0.25, 0.3) is 0 Å². The quantitative estimate of drug-likeness (QED) is 0.773. The maximum absolute atomic E-state index is 5.47. The van der Waals surface area contributed by atoms with Crippen LogP contribution in [0.3, 0.4) is 0 Å². The van der Waals surface area contributed by atoms with Crippen molar-refractivity contribution in [1.82, 2.24) is 5.32 Å². The molecule has 3 heteroatoms. The normalized spacial score (nSPS) is 34.0. The fourth-order valence-corrected chi connectivity index (χ4v) is 3.10. The summed E-state index contributed by atoms with van der Waals surface area (Å²) >= 11 is 2.03. The fraction of sp³-hybridized carbons (Fsp3) is 0.636. The fourth-order valence-electron chi connectivity index (χ4n) is 1.83. The largest absolute Gasteiger partial charge is 0.468 e. The minimum absolute atomic E-state index is 0.368. The van der Waals surface area contributed by atoms with Gasteiger partial charge in [0, 0.05) is 11.3 Å². The number of rotatable bonds is 1. The Balaban J connectivity index is 2.14. The molecule has 78 valence electrons. The second-order valence-corrected chi connectivity index (χ2v) is 5.41. The number of nitrogens with one attached hydrogen (secondary N) is 1. The zero-order chi connectivity index (χ0) is 9.97. The van der Waals surface area contributed by atoms with Crippen molar-refractivity contribution in [3.8, 4) is 0 Å². The lowest BCUT2D eigenvalue weighted by Gasteiger charge is -2.21. The lowest BCUT2D eigenvalue weighted by molar-refractivity contribution is 0.381. The zero-order valence-corrected chi connectivity index (χ0v) is 9.51. The average molecular weight is 211 g/mol. The van der Waals surface area contributed by atoms with Gasteiger partial charge in [0.1, 0.15) is 5.76 Å². The van der Waals surface area contributed by atoms with Gasteiger partial charge in [-0.2, -0.15) is 11.8 Å². The van der Waals surface area contributed by atoms with E-state index < -0.39 is 0 Å². The van der Waals surface area contributed by atoms with Crippen LogP contribution in [0.5, 0.6) is 0 Å². The van der Waals surface area contributed by atoms with E-state index in [4.69, 9.17) is 4.42 Å². The van der Waals surface area contributed by atoms with Crippen molar-refractivity contribution in [3.63, 3.8) is 0 Å². The van der Waals surface area contributed by atoms with Gasteiger partial charge in [0.2, 0.25) is 0 Å². The van der Waals surface area contributed by atoms with Crippen LogP contribution >= 0.6 is 11.8 Å². The van der Waals surface area contributed by atoms with E-state index in [0.717, 1.165) is 5.76 Å². The molecule has 0 aromatic carbocycles. The zero-order valence-electron chi connectivity index (χ0n) is 8.69. The van der Waals surface area contributed by atoms with Crippen LogP contribution in [0.15, 0.2) is 22.8 Å². The highest BCUT2D eigenvalue weighted by Crippen LogP contribution is 2.30. The predicted octanol–water partition coefficient (Wildman–Crippen LogP) is 2.82. The Morgan fingerprint density at radius 2 is 2.36 bits per heavy atom. The Morgan fingerprint density at radius 1 is 1.50 bits per heavy atom. The molecule has 1 N–H and O–H groups in total. The van der Waals surface area contributed by atoms with Crippen LogP contribution in [0.2, 0.25) is 0 Å². The smallest absolute Gasteiger partial charge is 0.121 e. The van der Waals surface area contributed by atoms with E-state index in [1.54, 1.807) is 6.26 Å². The first-order valence-corrected chi connectivity index (χ1v) is 6.23. The topological polar surface area (TPSA) is 25.2 Å². The molecule has 3 unspecified atom stereocenters. The number of furan rings is 1. The van der Waals surface area contributed by atoms with E-state index in [-0.39, 0.29) is 0 Å². The van der Waals surface area contributed by atoms with Crippen molar-refractivity contribution in [1.29, 1.82) is 0 Å². The minimum atomic E-state index is 0.368. The molecule has 1 aromatic rings. The highest BCUT2D eigenvalue weighted by Gasteiger charge is 2.26. The summed E-state index contributed by atoms with van der Waals surface area (Å²) in [5.74, 6) is 2.31. The second-order valence-electron chi connectivity index (χ2n) is 3.93. The van der Waals surface area contributed by atoms with E-state index in [9.17, 15) is 0 Å². The first kappa shape index (κ1) is 10.1. The Morgan fingerprint density at radius 3 is 3.07 bits per heavy atom. The summed E-state index contributed by atoms with van der Waals surface area (Å²) < 4.78 is 5.47. The molecule has 0 bridgehead atoms. The number of hydrogen-bond donors (Lipinski definition) is 1. The summed E-state index contributed by atoms with van der Waals surface area (Å²) in [6, 6.07) is 4.98. The van der Waals surface area contributed by atoms with Crippen LogP contribution in [0, 0.1) is 0 Å². The first-order chi connectivity index (χ1) is 6.77. The van der Waals surface area contributed by atoms with Crippen molar-refractivity contribution < 1.29 is 4.42 Å². The van der Waals surface area contributed by atoms with Crippen molar-refractivity contribution >= 4 is 11.8 Å². The van der Waals surface area contributed by atoms with Gasteiger partial charge in [-0.05, 0) is 31.2 Å².